The summed E-state index contributed by atoms with van der Waals surface area (Å²) in [4.78, 5) is 32.0. The average Bonchev–Trinajstić information content (AvgIpc) is 3.29. The van der Waals surface area contributed by atoms with E-state index < -0.39 is 12.1 Å². The van der Waals surface area contributed by atoms with Gasteiger partial charge in [0.1, 0.15) is 12.2 Å². The van der Waals surface area contributed by atoms with Crippen LogP contribution in [0.3, 0.4) is 0 Å². The Kier molecular flexibility index (Phi) is 13.6. The van der Waals surface area contributed by atoms with Gasteiger partial charge in [0, 0.05) is 42.8 Å². The number of cyclic esters (lactones) is 2. The van der Waals surface area contributed by atoms with Crippen molar-refractivity contribution < 1.29 is 19.1 Å². The topological polar surface area (TPSA) is 94.8 Å². The summed E-state index contributed by atoms with van der Waals surface area (Å²) in [6.45, 7) is 10.8. The van der Waals surface area contributed by atoms with Gasteiger partial charge in [-0.25, -0.2) is 9.78 Å². The highest BCUT2D eigenvalue weighted by Crippen LogP contribution is 2.25. The number of aromatic nitrogens is 1. The van der Waals surface area contributed by atoms with Crippen LogP contribution in [0.1, 0.15) is 70.5 Å². The van der Waals surface area contributed by atoms with Crippen LogP contribution in [-0.4, -0.2) is 60.7 Å². The quantitative estimate of drug-likeness (QED) is 0.370. The third-order valence-electron chi connectivity index (χ3n) is 6.19. The van der Waals surface area contributed by atoms with E-state index in [0.29, 0.717) is 19.3 Å². The minimum absolute atomic E-state index is 0.0866. The Morgan fingerprint density at radius 1 is 1.13 bits per heavy atom. The van der Waals surface area contributed by atoms with E-state index in [0.717, 1.165) is 34.0 Å². The monoisotopic (exact) mass is 555 g/mol. The lowest BCUT2D eigenvalue weighted by Gasteiger charge is -2.18. The Balaban J connectivity index is 2.30. The standard InChI is InChI=1S/C31H45N3O4S/c1-21(13-14-34(6)7)11-12-23(3)16-27-19-29-33-28(20-39-29)24(4)17-26(32)18-31(36)37-25(5)15-22(2)9-8-10-30(35)38-27/h8-13,16,20,24-27H,14-15,17-19,32H2,1-7H3/b10-8?,12-11+,21-13+,22-9?,23-16+/t24-,25-,26+,27+/m0/s1. The molecule has 4 atom stereocenters. The SMILES string of the molecule is CC1=CC=CC(=O)O[C@H](/C=C(C)/C=C/C(C)=C/CN(C)C)Cc2nc(cs2)[C@@H](C)C[C@@H](N)CC(=O)O[C@@H](C)C1. The molecule has 8 heteroatoms. The van der Waals surface area contributed by atoms with Gasteiger partial charge in [0.05, 0.1) is 17.1 Å². The zero-order chi connectivity index (χ0) is 28.9. The van der Waals surface area contributed by atoms with Gasteiger partial charge in [-0.05, 0) is 54.3 Å². The van der Waals surface area contributed by atoms with Gasteiger partial charge < -0.3 is 20.1 Å². The van der Waals surface area contributed by atoms with Crippen molar-refractivity contribution in [1.82, 2.24) is 9.88 Å². The summed E-state index contributed by atoms with van der Waals surface area (Å²) >= 11 is 1.54. The first-order valence-electron chi connectivity index (χ1n) is 13.5. The van der Waals surface area contributed by atoms with Crippen molar-refractivity contribution in [3.05, 3.63) is 75.3 Å². The molecule has 2 rings (SSSR count). The summed E-state index contributed by atoms with van der Waals surface area (Å²) in [6, 6.07) is -0.312. The van der Waals surface area contributed by atoms with Gasteiger partial charge in [-0.15, -0.1) is 11.3 Å². The molecule has 0 aromatic carbocycles. The molecule has 0 saturated carbocycles. The first-order valence-corrected chi connectivity index (χ1v) is 14.4. The number of likely N-dealkylation sites (N-methyl/N-ethyl adjacent to an activating group) is 1. The number of nitrogens with zero attached hydrogens (tertiary/aromatic N) is 2. The molecule has 0 fully saturated rings. The highest BCUT2D eigenvalue weighted by molar-refractivity contribution is 7.09. The molecule has 1 aromatic rings. The van der Waals surface area contributed by atoms with Crippen molar-refractivity contribution in [3.63, 3.8) is 0 Å². The van der Waals surface area contributed by atoms with Gasteiger partial charge in [0.2, 0.25) is 0 Å². The van der Waals surface area contributed by atoms with Gasteiger partial charge >= 0.3 is 11.9 Å². The molecule has 0 spiro atoms. The molecule has 39 heavy (non-hydrogen) atoms. The number of hydrogen-bond donors (Lipinski definition) is 1. The number of hydrogen-bond acceptors (Lipinski definition) is 8. The lowest BCUT2D eigenvalue weighted by Crippen LogP contribution is -2.28. The van der Waals surface area contributed by atoms with Crippen LogP contribution in [0.2, 0.25) is 0 Å². The molecular formula is C31H45N3O4S. The van der Waals surface area contributed by atoms with Crippen molar-refractivity contribution in [1.29, 1.82) is 0 Å². The van der Waals surface area contributed by atoms with E-state index in [1.165, 1.54) is 6.08 Å². The second-order valence-electron chi connectivity index (χ2n) is 10.8. The fourth-order valence-electron chi connectivity index (χ4n) is 4.15. The average molecular weight is 556 g/mol. The largest absolute Gasteiger partial charge is 0.462 e. The summed E-state index contributed by atoms with van der Waals surface area (Å²) in [5.41, 5.74) is 10.4. The van der Waals surface area contributed by atoms with Crippen LogP contribution in [0.5, 0.6) is 0 Å². The van der Waals surface area contributed by atoms with Crippen LogP contribution in [0.15, 0.2) is 64.6 Å². The molecule has 2 N–H and O–H groups in total. The molecule has 1 aliphatic rings. The molecule has 2 heterocycles. The number of carbonyl (C=O) groups excluding carboxylic acids is 2. The van der Waals surface area contributed by atoms with Crippen molar-refractivity contribution in [2.24, 2.45) is 5.73 Å². The Bertz CT molecular complexity index is 1110. The fourth-order valence-corrected chi connectivity index (χ4v) is 5.11. The number of rotatable bonds is 5. The van der Waals surface area contributed by atoms with Gasteiger partial charge in [-0.3, -0.25) is 4.79 Å². The van der Waals surface area contributed by atoms with Crippen molar-refractivity contribution in [3.8, 4) is 0 Å². The van der Waals surface area contributed by atoms with E-state index in [-0.39, 0.29) is 30.5 Å². The van der Waals surface area contributed by atoms with Crippen molar-refractivity contribution >= 4 is 23.3 Å². The summed E-state index contributed by atoms with van der Waals surface area (Å²) in [5, 5.41) is 2.90. The lowest BCUT2D eigenvalue weighted by atomic mass is 9.98. The number of nitrogens with two attached hydrogens (primary N) is 1. The predicted octanol–water partition coefficient (Wildman–Crippen LogP) is 5.66. The van der Waals surface area contributed by atoms with Crippen LogP contribution in [0.4, 0.5) is 0 Å². The fraction of sp³-hybridized carbons (Fsp3) is 0.516. The minimum Gasteiger partial charge on any atom is -0.462 e. The Morgan fingerprint density at radius 2 is 1.85 bits per heavy atom. The third-order valence-corrected chi connectivity index (χ3v) is 7.08. The predicted molar refractivity (Wildman–Crippen MR) is 160 cm³/mol. The molecule has 1 aliphatic heterocycles. The highest BCUT2D eigenvalue weighted by Gasteiger charge is 2.20. The molecule has 7 nitrogen and oxygen atoms in total. The summed E-state index contributed by atoms with van der Waals surface area (Å²) in [5.74, 6) is -0.635. The van der Waals surface area contributed by atoms with E-state index in [9.17, 15) is 9.59 Å². The van der Waals surface area contributed by atoms with E-state index >= 15 is 0 Å². The first-order chi connectivity index (χ1) is 18.4. The van der Waals surface area contributed by atoms with E-state index in [1.807, 2.05) is 58.5 Å². The van der Waals surface area contributed by atoms with E-state index in [2.05, 4.69) is 30.9 Å². The minimum atomic E-state index is -0.465. The number of allylic oxidation sites excluding steroid dienone is 6. The van der Waals surface area contributed by atoms with Gasteiger partial charge in [0.15, 0.2) is 0 Å². The summed E-state index contributed by atoms with van der Waals surface area (Å²) in [6.07, 6.45) is 14.2. The molecule has 0 amide bonds. The van der Waals surface area contributed by atoms with E-state index in [4.69, 9.17) is 20.2 Å². The number of carbonyl (C=O) groups is 2. The smallest absolute Gasteiger partial charge is 0.331 e. The maximum atomic E-state index is 12.7. The normalized spacial score (nSPS) is 25.1. The first kappa shape index (κ1) is 32.4. The summed E-state index contributed by atoms with van der Waals surface area (Å²) in [7, 11) is 4.07. The van der Waals surface area contributed by atoms with Crippen LogP contribution >= 0.6 is 11.3 Å². The molecule has 2 bridgehead atoms. The molecule has 0 unspecified atom stereocenters. The molecular weight excluding hydrogens is 510 g/mol. The molecule has 1 aromatic heterocycles. The zero-order valence-electron chi connectivity index (χ0n) is 24.5. The Hall–Kier alpha value is -2.81. The van der Waals surface area contributed by atoms with Gasteiger partial charge in [0.25, 0.3) is 0 Å². The number of esters is 2. The third kappa shape index (κ3) is 13.2. The second-order valence-corrected chi connectivity index (χ2v) is 11.7. The van der Waals surface area contributed by atoms with Gasteiger partial charge in [-0.2, -0.15) is 0 Å². The van der Waals surface area contributed by atoms with Crippen molar-refractivity contribution in [2.75, 3.05) is 20.6 Å². The molecule has 0 aliphatic carbocycles. The number of fused-ring (bicyclic) bond motifs is 2. The second kappa shape index (κ2) is 16.3. The maximum Gasteiger partial charge on any atom is 0.331 e. The van der Waals surface area contributed by atoms with Crippen LogP contribution < -0.4 is 5.73 Å². The summed E-state index contributed by atoms with van der Waals surface area (Å²) < 4.78 is 11.4. The van der Waals surface area contributed by atoms with Crippen LogP contribution in [-0.2, 0) is 25.5 Å². The van der Waals surface area contributed by atoms with E-state index in [1.54, 1.807) is 17.4 Å². The molecule has 214 valence electrons. The lowest BCUT2D eigenvalue weighted by molar-refractivity contribution is -0.148. The molecule has 0 radical (unpaired) electrons. The Labute approximate surface area is 238 Å². The van der Waals surface area contributed by atoms with Crippen LogP contribution in [0, 0.1) is 0 Å². The van der Waals surface area contributed by atoms with Crippen LogP contribution in [0.25, 0.3) is 0 Å². The van der Waals surface area contributed by atoms with Crippen molar-refractivity contribution in [2.45, 2.75) is 84.5 Å². The number of thiazole rings is 1. The maximum absolute atomic E-state index is 12.7. The molecule has 0 saturated heterocycles. The zero-order valence-corrected chi connectivity index (χ0v) is 25.3. The Morgan fingerprint density at radius 3 is 2.56 bits per heavy atom. The number of ether oxygens (including phenoxy) is 2. The van der Waals surface area contributed by atoms with Gasteiger partial charge in [-0.1, -0.05) is 54.0 Å². The highest BCUT2D eigenvalue weighted by atomic mass is 32.1.